The highest BCUT2D eigenvalue weighted by Crippen LogP contribution is 2.13. The fourth-order valence-electron chi connectivity index (χ4n) is 2.93. The van der Waals surface area contributed by atoms with Crippen molar-refractivity contribution in [3.63, 3.8) is 0 Å². The van der Waals surface area contributed by atoms with Gasteiger partial charge in [-0.2, -0.15) is 0 Å². The molecule has 1 amide bonds. The van der Waals surface area contributed by atoms with E-state index in [-0.39, 0.29) is 5.91 Å². The fraction of sp³-hybridized carbons (Fsp3) is 0.471. The van der Waals surface area contributed by atoms with Crippen LogP contribution in [0, 0.1) is 13.8 Å². The number of nitrogens with zero attached hydrogens (tertiary/aromatic N) is 4. The second kappa shape index (κ2) is 7.42. The number of carbonyl (C=O) groups is 1. The molecule has 0 atom stereocenters. The van der Waals surface area contributed by atoms with Gasteiger partial charge in [-0.15, -0.1) is 0 Å². The molecule has 0 unspecified atom stereocenters. The standard InChI is InChI=1S/C17H23N5O3/c1-12-14(13(2)25-20-12)11-19-17(18-3)22-8-6-21(7-9-22)16(23)15-5-4-10-24-15/h4-5,10H,6-9,11H2,1-3H3,(H,18,19). The van der Waals surface area contributed by atoms with Crippen molar-refractivity contribution in [1.29, 1.82) is 0 Å². The number of aromatic nitrogens is 1. The zero-order chi connectivity index (χ0) is 17.8. The van der Waals surface area contributed by atoms with E-state index >= 15 is 0 Å². The van der Waals surface area contributed by atoms with E-state index in [1.54, 1.807) is 24.1 Å². The summed E-state index contributed by atoms with van der Waals surface area (Å²) in [6, 6.07) is 3.42. The van der Waals surface area contributed by atoms with Crippen molar-refractivity contribution in [1.82, 2.24) is 20.3 Å². The van der Waals surface area contributed by atoms with Gasteiger partial charge in [0.25, 0.3) is 5.91 Å². The minimum absolute atomic E-state index is 0.0664. The van der Waals surface area contributed by atoms with Crippen LogP contribution in [0.1, 0.15) is 27.6 Å². The molecule has 2 aromatic rings. The molecule has 3 rings (SSSR count). The van der Waals surface area contributed by atoms with Crippen LogP contribution in [-0.2, 0) is 6.54 Å². The Morgan fingerprint density at radius 3 is 2.56 bits per heavy atom. The molecule has 0 saturated carbocycles. The lowest BCUT2D eigenvalue weighted by Crippen LogP contribution is -2.53. The van der Waals surface area contributed by atoms with Gasteiger partial charge in [0.15, 0.2) is 11.7 Å². The highest BCUT2D eigenvalue weighted by atomic mass is 16.5. The molecule has 3 heterocycles. The molecule has 1 fully saturated rings. The quantitative estimate of drug-likeness (QED) is 0.669. The van der Waals surface area contributed by atoms with Gasteiger partial charge in [-0.25, -0.2) is 0 Å². The third kappa shape index (κ3) is 3.67. The third-order valence-corrected chi connectivity index (χ3v) is 4.41. The SMILES string of the molecule is CN=C(NCc1c(C)noc1C)N1CCN(C(=O)c2ccco2)CC1. The second-order valence-corrected chi connectivity index (χ2v) is 5.96. The molecular formula is C17H23N5O3. The van der Waals surface area contributed by atoms with Gasteiger partial charge in [0.2, 0.25) is 0 Å². The van der Waals surface area contributed by atoms with Crippen LogP contribution in [-0.4, -0.2) is 60.0 Å². The molecule has 0 radical (unpaired) electrons. The van der Waals surface area contributed by atoms with E-state index in [2.05, 4.69) is 20.4 Å². The molecule has 2 aromatic heterocycles. The zero-order valence-electron chi connectivity index (χ0n) is 14.8. The molecule has 8 nitrogen and oxygen atoms in total. The van der Waals surface area contributed by atoms with E-state index in [1.165, 1.54) is 6.26 Å². The molecule has 0 bridgehead atoms. The van der Waals surface area contributed by atoms with Gasteiger partial charge in [0, 0.05) is 45.3 Å². The van der Waals surface area contributed by atoms with Gasteiger partial charge >= 0.3 is 0 Å². The van der Waals surface area contributed by atoms with Crippen LogP contribution in [0.5, 0.6) is 0 Å². The number of hydrogen-bond acceptors (Lipinski definition) is 5. The minimum atomic E-state index is -0.0664. The molecule has 1 aliphatic rings. The normalized spacial score (nSPS) is 15.6. The summed E-state index contributed by atoms with van der Waals surface area (Å²) >= 11 is 0. The number of piperazine rings is 1. The van der Waals surface area contributed by atoms with E-state index in [0.717, 1.165) is 23.0 Å². The summed E-state index contributed by atoms with van der Waals surface area (Å²) in [5.74, 6) is 1.94. The Labute approximate surface area is 146 Å². The molecule has 0 spiro atoms. The van der Waals surface area contributed by atoms with Crippen molar-refractivity contribution in [2.45, 2.75) is 20.4 Å². The Hall–Kier alpha value is -2.77. The number of hydrogen-bond donors (Lipinski definition) is 1. The zero-order valence-corrected chi connectivity index (χ0v) is 14.8. The Kier molecular flexibility index (Phi) is 5.06. The van der Waals surface area contributed by atoms with Crippen molar-refractivity contribution < 1.29 is 13.7 Å². The number of carbonyl (C=O) groups excluding carboxylic acids is 1. The molecule has 8 heteroatoms. The van der Waals surface area contributed by atoms with Crippen molar-refractivity contribution in [2.24, 2.45) is 4.99 Å². The van der Waals surface area contributed by atoms with Crippen LogP contribution in [0.3, 0.4) is 0 Å². The van der Waals surface area contributed by atoms with E-state index in [1.807, 2.05) is 13.8 Å². The molecule has 134 valence electrons. The summed E-state index contributed by atoms with van der Waals surface area (Å²) in [7, 11) is 1.76. The summed E-state index contributed by atoms with van der Waals surface area (Å²) in [4.78, 5) is 20.6. The first-order valence-electron chi connectivity index (χ1n) is 8.30. The van der Waals surface area contributed by atoms with Crippen molar-refractivity contribution >= 4 is 11.9 Å². The number of guanidine groups is 1. The number of amides is 1. The number of aliphatic imine (C=N–C) groups is 1. The van der Waals surface area contributed by atoms with Crippen LogP contribution in [0.15, 0.2) is 32.3 Å². The Morgan fingerprint density at radius 2 is 2.00 bits per heavy atom. The molecule has 1 aliphatic heterocycles. The lowest BCUT2D eigenvalue weighted by Gasteiger charge is -2.36. The first-order chi connectivity index (χ1) is 12.1. The van der Waals surface area contributed by atoms with Gasteiger partial charge in [-0.3, -0.25) is 9.79 Å². The van der Waals surface area contributed by atoms with E-state index < -0.39 is 0 Å². The summed E-state index contributed by atoms with van der Waals surface area (Å²) in [5, 5.41) is 7.31. The summed E-state index contributed by atoms with van der Waals surface area (Å²) < 4.78 is 10.4. The largest absolute Gasteiger partial charge is 0.459 e. The van der Waals surface area contributed by atoms with Crippen molar-refractivity contribution in [3.05, 3.63) is 41.2 Å². The van der Waals surface area contributed by atoms with E-state index in [9.17, 15) is 4.79 Å². The van der Waals surface area contributed by atoms with Crippen LogP contribution in [0.2, 0.25) is 0 Å². The maximum atomic E-state index is 12.3. The van der Waals surface area contributed by atoms with Crippen molar-refractivity contribution in [3.8, 4) is 0 Å². The van der Waals surface area contributed by atoms with Gasteiger partial charge in [0.05, 0.1) is 12.0 Å². The second-order valence-electron chi connectivity index (χ2n) is 5.96. The van der Waals surface area contributed by atoms with Gasteiger partial charge in [-0.05, 0) is 26.0 Å². The molecule has 0 aromatic carbocycles. The highest BCUT2D eigenvalue weighted by Gasteiger charge is 2.25. The minimum Gasteiger partial charge on any atom is -0.459 e. The highest BCUT2D eigenvalue weighted by molar-refractivity contribution is 5.91. The van der Waals surface area contributed by atoms with E-state index in [4.69, 9.17) is 8.94 Å². The lowest BCUT2D eigenvalue weighted by atomic mass is 10.2. The van der Waals surface area contributed by atoms with Gasteiger partial charge in [0.1, 0.15) is 5.76 Å². The first kappa shape index (κ1) is 17.1. The third-order valence-electron chi connectivity index (χ3n) is 4.41. The van der Waals surface area contributed by atoms with Gasteiger partial charge in [-0.1, -0.05) is 5.16 Å². The average Bonchev–Trinajstić information content (AvgIpc) is 3.27. The fourth-order valence-corrected chi connectivity index (χ4v) is 2.93. The molecular weight excluding hydrogens is 322 g/mol. The molecule has 25 heavy (non-hydrogen) atoms. The van der Waals surface area contributed by atoms with Crippen LogP contribution in [0.4, 0.5) is 0 Å². The van der Waals surface area contributed by atoms with Crippen LogP contribution in [0.25, 0.3) is 0 Å². The Morgan fingerprint density at radius 1 is 1.28 bits per heavy atom. The summed E-state index contributed by atoms with van der Waals surface area (Å²) in [6.45, 7) is 7.13. The lowest BCUT2D eigenvalue weighted by molar-refractivity contribution is 0.0657. The topological polar surface area (TPSA) is 87.1 Å². The number of furan rings is 1. The molecule has 1 saturated heterocycles. The van der Waals surface area contributed by atoms with Crippen LogP contribution < -0.4 is 5.32 Å². The Bertz CT molecular complexity index is 723. The van der Waals surface area contributed by atoms with E-state index in [0.29, 0.717) is 38.5 Å². The smallest absolute Gasteiger partial charge is 0.289 e. The first-order valence-corrected chi connectivity index (χ1v) is 8.30. The van der Waals surface area contributed by atoms with Crippen LogP contribution >= 0.6 is 0 Å². The van der Waals surface area contributed by atoms with Crippen molar-refractivity contribution in [2.75, 3.05) is 33.2 Å². The summed E-state index contributed by atoms with van der Waals surface area (Å²) in [5.41, 5.74) is 1.93. The Balaban J connectivity index is 1.55. The molecule has 0 aliphatic carbocycles. The monoisotopic (exact) mass is 345 g/mol. The summed E-state index contributed by atoms with van der Waals surface area (Å²) in [6.07, 6.45) is 1.52. The maximum Gasteiger partial charge on any atom is 0.289 e. The number of rotatable bonds is 3. The average molecular weight is 345 g/mol. The van der Waals surface area contributed by atoms with Gasteiger partial charge < -0.3 is 24.1 Å². The number of aryl methyl sites for hydroxylation is 2. The maximum absolute atomic E-state index is 12.3. The predicted molar refractivity (Wildman–Crippen MR) is 92.4 cm³/mol. The number of nitrogens with one attached hydrogen (secondary N) is 1. The predicted octanol–water partition coefficient (Wildman–Crippen LogP) is 1.42. The molecule has 1 N–H and O–H groups in total.